The van der Waals surface area contributed by atoms with Gasteiger partial charge in [0.05, 0.1) is 18.7 Å². The second-order valence-corrected chi connectivity index (χ2v) is 7.31. The number of pyridine rings is 1. The van der Waals surface area contributed by atoms with Gasteiger partial charge in [-0.05, 0) is 37.1 Å². The van der Waals surface area contributed by atoms with Crippen molar-refractivity contribution in [2.24, 2.45) is 0 Å². The van der Waals surface area contributed by atoms with Crippen molar-refractivity contribution in [3.63, 3.8) is 0 Å². The van der Waals surface area contributed by atoms with E-state index < -0.39 is 5.97 Å². The first-order valence-corrected chi connectivity index (χ1v) is 10.4. The lowest BCUT2D eigenvalue weighted by molar-refractivity contribution is 0.0714. The van der Waals surface area contributed by atoms with Crippen LogP contribution in [0.2, 0.25) is 0 Å². The van der Waals surface area contributed by atoms with Gasteiger partial charge in [0.2, 0.25) is 0 Å². The van der Waals surface area contributed by atoms with E-state index >= 15 is 0 Å². The van der Waals surface area contributed by atoms with E-state index in [4.69, 9.17) is 15.2 Å². The standard InChI is InChI=1S/C23H24N6O3/c1-3-4-12-31-22-27-19(24)18-20(28-22)29(14-16-11-10-15(2)25-13-16)23(26-18)32-21(30)17-8-6-5-7-9-17/h5-11,13H,3-4,12,14H2,1-2H3,(H2,24,27,28). The van der Waals surface area contributed by atoms with Gasteiger partial charge in [-0.3, -0.25) is 9.55 Å². The number of hydrogen-bond acceptors (Lipinski definition) is 8. The highest BCUT2D eigenvalue weighted by Gasteiger charge is 2.21. The number of nitrogens with two attached hydrogens (primary N) is 1. The third-order valence-electron chi connectivity index (χ3n) is 4.80. The molecular weight excluding hydrogens is 408 g/mol. The Morgan fingerprint density at radius 1 is 1.09 bits per heavy atom. The molecule has 32 heavy (non-hydrogen) atoms. The van der Waals surface area contributed by atoms with Gasteiger partial charge in [0.1, 0.15) is 0 Å². The van der Waals surface area contributed by atoms with Crippen LogP contribution in [-0.2, 0) is 6.54 Å². The van der Waals surface area contributed by atoms with Crippen molar-refractivity contribution >= 4 is 23.0 Å². The van der Waals surface area contributed by atoms with E-state index in [0.717, 1.165) is 24.1 Å². The molecule has 0 aliphatic rings. The number of esters is 1. The smallest absolute Gasteiger partial charge is 0.345 e. The Labute approximate surface area is 185 Å². The highest BCUT2D eigenvalue weighted by molar-refractivity contribution is 5.91. The van der Waals surface area contributed by atoms with Crippen LogP contribution in [0.5, 0.6) is 12.0 Å². The highest BCUT2D eigenvalue weighted by atomic mass is 16.6. The van der Waals surface area contributed by atoms with Gasteiger partial charge in [0, 0.05) is 11.9 Å². The van der Waals surface area contributed by atoms with Gasteiger partial charge in [-0.2, -0.15) is 15.0 Å². The van der Waals surface area contributed by atoms with Crippen LogP contribution in [0.15, 0.2) is 48.7 Å². The number of aryl methyl sites for hydroxylation is 1. The first kappa shape index (κ1) is 21.2. The zero-order valence-electron chi connectivity index (χ0n) is 18.0. The summed E-state index contributed by atoms with van der Waals surface area (Å²) in [6.45, 7) is 4.79. The monoisotopic (exact) mass is 432 g/mol. The Balaban J connectivity index is 1.75. The summed E-state index contributed by atoms with van der Waals surface area (Å²) in [6.07, 6.45) is 3.61. The summed E-state index contributed by atoms with van der Waals surface area (Å²) in [5, 5.41) is 0. The molecule has 0 spiro atoms. The fourth-order valence-corrected chi connectivity index (χ4v) is 3.06. The molecule has 4 aromatic rings. The topological polar surface area (TPSA) is 118 Å². The van der Waals surface area contributed by atoms with Crippen LogP contribution < -0.4 is 15.2 Å². The number of unbranched alkanes of at least 4 members (excludes halogenated alkanes) is 1. The van der Waals surface area contributed by atoms with Crippen molar-refractivity contribution in [2.45, 2.75) is 33.2 Å². The van der Waals surface area contributed by atoms with Crippen LogP contribution in [0.4, 0.5) is 5.82 Å². The van der Waals surface area contributed by atoms with E-state index in [0.29, 0.717) is 29.9 Å². The SMILES string of the molecule is CCCCOc1nc(N)c2nc(OC(=O)c3ccccc3)n(Cc3ccc(C)nc3)c2n1. The van der Waals surface area contributed by atoms with Gasteiger partial charge in [-0.1, -0.05) is 37.6 Å². The zero-order chi connectivity index (χ0) is 22.5. The highest BCUT2D eigenvalue weighted by Crippen LogP contribution is 2.27. The molecule has 0 fully saturated rings. The first-order valence-electron chi connectivity index (χ1n) is 10.4. The van der Waals surface area contributed by atoms with Crippen LogP contribution in [0.25, 0.3) is 11.2 Å². The number of anilines is 1. The van der Waals surface area contributed by atoms with E-state index in [9.17, 15) is 4.79 Å². The molecule has 3 aromatic heterocycles. The van der Waals surface area contributed by atoms with Crippen molar-refractivity contribution in [2.75, 3.05) is 12.3 Å². The van der Waals surface area contributed by atoms with Crippen molar-refractivity contribution in [3.8, 4) is 12.0 Å². The minimum Gasteiger partial charge on any atom is -0.463 e. The predicted octanol–water partition coefficient (Wildman–Crippen LogP) is 3.56. The van der Waals surface area contributed by atoms with E-state index in [1.807, 2.05) is 25.1 Å². The molecule has 2 N–H and O–H groups in total. The van der Waals surface area contributed by atoms with Crippen molar-refractivity contribution in [1.82, 2.24) is 24.5 Å². The molecule has 0 atom stereocenters. The molecule has 9 heteroatoms. The quantitative estimate of drug-likeness (QED) is 0.332. The maximum Gasteiger partial charge on any atom is 0.345 e. The van der Waals surface area contributed by atoms with E-state index in [2.05, 4.69) is 26.9 Å². The summed E-state index contributed by atoms with van der Waals surface area (Å²) in [5.41, 5.74) is 9.09. The summed E-state index contributed by atoms with van der Waals surface area (Å²) in [7, 11) is 0. The molecule has 3 heterocycles. The summed E-state index contributed by atoms with van der Waals surface area (Å²) in [5.74, 6) is -0.380. The molecular formula is C23H24N6O3. The number of carbonyl (C=O) groups is 1. The predicted molar refractivity (Wildman–Crippen MR) is 120 cm³/mol. The lowest BCUT2D eigenvalue weighted by atomic mass is 10.2. The average molecular weight is 432 g/mol. The molecule has 164 valence electrons. The lowest BCUT2D eigenvalue weighted by Gasteiger charge is -2.10. The molecule has 0 saturated heterocycles. The van der Waals surface area contributed by atoms with Gasteiger partial charge in [-0.15, -0.1) is 0 Å². The number of fused-ring (bicyclic) bond motifs is 1. The van der Waals surface area contributed by atoms with Gasteiger partial charge >= 0.3 is 18.0 Å². The van der Waals surface area contributed by atoms with Gasteiger partial charge in [-0.25, -0.2) is 4.79 Å². The Bertz CT molecular complexity index is 1220. The molecule has 4 rings (SSSR count). The van der Waals surface area contributed by atoms with Gasteiger partial charge in [0.15, 0.2) is 17.0 Å². The van der Waals surface area contributed by atoms with Crippen LogP contribution in [0.3, 0.4) is 0 Å². The summed E-state index contributed by atoms with van der Waals surface area (Å²) in [4.78, 5) is 30.1. The largest absolute Gasteiger partial charge is 0.463 e. The van der Waals surface area contributed by atoms with Crippen molar-refractivity contribution in [3.05, 3.63) is 65.5 Å². The maximum atomic E-state index is 12.7. The Hall–Kier alpha value is -4.01. The Morgan fingerprint density at radius 3 is 2.62 bits per heavy atom. The van der Waals surface area contributed by atoms with Crippen LogP contribution in [0.1, 0.15) is 41.4 Å². The van der Waals surface area contributed by atoms with Crippen LogP contribution in [-0.4, -0.2) is 37.1 Å². The average Bonchev–Trinajstić information content (AvgIpc) is 3.13. The number of aromatic nitrogens is 5. The molecule has 0 saturated carbocycles. The third-order valence-corrected chi connectivity index (χ3v) is 4.80. The fraction of sp³-hybridized carbons (Fsp3) is 0.261. The summed E-state index contributed by atoms with van der Waals surface area (Å²) < 4.78 is 13.0. The normalized spacial score (nSPS) is 10.9. The fourth-order valence-electron chi connectivity index (χ4n) is 3.06. The number of ether oxygens (including phenoxy) is 2. The number of hydrogen-bond donors (Lipinski definition) is 1. The minimum absolute atomic E-state index is 0.0705. The lowest BCUT2D eigenvalue weighted by Crippen LogP contribution is -2.13. The summed E-state index contributed by atoms with van der Waals surface area (Å²) >= 11 is 0. The number of imidazole rings is 1. The number of nitrogen functional groups attached to an aromatic ring is 1. The van der Waals surface area contributed by atoms with Crippen molar-refractivity contribution in [1.29, 1.82) is 0 Å². The zero-order valence-corrected chi connectivity index (χ0v) is 18.0. The molecule has 1 aromatic carbocycles. The Morgan fingerprint density at radius 2 is 1.91 bits per heavy atom. The maximum absolute atomic E-state index is 12.7. The van der Waals surface area contributed by atoms with Gasteiger partial charge < -0.3 is 15.2 Å². The number of carbonyl (C=O) groups excluding carboxylic acids is 1. The van der Waals surface area contributed by atoms with Gasteiger partial charge in [0.25, 0.3) is 0 Å². The Kier molecular flexibility index (Phi) is 6.25. The minimum atomic E-state index is -0.532. The molecule has 0 aliphatic heterocycles. The molecule has 0 radical (unpaired) electrons. The molecule has 0 amide bonds. The molecule has 0 unspecified atom stereocenters. The molecule has 9 nitrogen and oxygen atoms in total. The second-order valence-electron chi connectivity index (χ2n) is 7.31. The number of benzene rings is 1. The third kappa shape index (κ3) is 4.66. The van der Waals surface area contributed by atoms with E-state index in [1.54, 1.807) is 35.0 Å². The first-order chi connectivity index (χ1) is 15.5. The van der Waals surface area contributed by atoms with E-state index in [1.165, 1.54) is 0 Å². The molecule has 0 aliphatic carbocycles. The molecule has 0 bridgehead atoms. The van der Waals surface area contributed by atoms with Crippen LogP contribution >= 0.6 is 0 Å². The second kappa shape index (κ2) is 9.42. The number of nitrogens with zero attached hydrogens (tertiary/aromatic N) is 5. The van der Waals surface area contributed by atoms with E-state index in [-0.39, 0.29) is 17.8 Å². The summed E-state index contributed by atoms with van der Waals surface area (Å²) in [6, 6.07) is 12.8. The number of rotatable bonds is 8. The van der Waals surface area contributed by atoms with Crippen molar-refractivity contribution < 1.29 is 14.3 Å². The van der Waals surface area contributed by atoms with Crippen LogP contribution in [0, 0.1) is 6.92 Å².